The van der Waals surface area contributed by atoms with E-state index in [-0.39, 0.29) is 18.2 Å². The summed E-state index contributed by atoms with van der Waals surface area (Å²) in [4.78, 5) is 0. The number of hydrogen-bond donors (Lipinski definition) is 1. The third-order valence-corrected chi connectivity index (χ3v) is 3.54. The van der Waals surface area contributed by atoms with E-state index >= 15 is 0 Å². The van der Waals surface area contributed by atoms with Crippen LogP contribution in [0.25, 0.3) is 0 Å². The molecular weight excluding hydrogens is 292 g/mol. The zero-order valence-electron chi connectivity index (χ0n) is 9.31. The second-order valence-electron chi connectivity index (χ2n) is 4.09. The molecule has 17 heavy (non-hydrogen) atoms. The molecule has 2 rings (SSSR count). The van der Waals surface area contributed by atoms with Crippen LogP contribution in [-0.4, -0.2) is 19.3 Å². The van der Waals surface area contributed by atoms with E-state index in [4.69, 9.17) is 4.74 Å². The highest BCUT2D eigenvalue weighted by Gasteiger charge is 2.16. The van der Waals surface area contributed by atoms with Crippen molar-refractivity contribution in [3.63, 3.8) is 0 Å². The van der Waals surface area contributed by atoms with Gasteiger partial charge in [0.1, 0.15) is 11.6 Å². The Balaban J connectivity index is 2.00. The number of nitrogens with one attached hydrogen (secondary N) is 1. The van der Waals surface area contributed by atoms with Crippen molar-refractivity contribution in [1.82, 2.24) is 5.32 Å². The molecule has 0 atom stereocenters. The van der Waals surface area contributed by atoms with Crippen LogP contribution in [0.1, 0.15) is 18.4 Å². The van der Waals surface area contributed by atoms with E-state index in [1.807, 2.05) is 0 Å². The zero-order valence-corrected chi connectivity index (χ0v) is 10.9. The van der Waals surface area contributed by atoms with Crippen LogP contribution < -0.4 is 5.32 Å². The van der Waals surface area contributed by atoms with Gasteiger partial charge in [0.2, 0.25) is 0 Å². The maximum absolute atomic E-state index is 13.7. The molecule has 0 spiro atoms. The molecule has 1 heterocycles. The first-order valence-electron chi connectivity index (χ1n) is 5.62. The summed E-state index contributed by atoms with van der Waals surface area (Å²) in [6, 6.07) is 2.93. The number of benzene rings is 1. The second-order valence-corrected chi connectivity index (χ2v) is 4.94. The largest absolute Gasteiger partial charge is 0.381 e. The van der Waals surface area contributed by atoms with Gasteiger partial charge in [-0.15, -0.1) is 0 Å². The van der Waals surface area contributed by atoms with E-state index in [9.17, 15) is 8.78 Å². The van der Waals surface area contributed by atoms with Crippen LogP contribution in [0.5, 0.6) is 0 Å². The molecule has 0 unspecified atom stereocenters. The van der Waals surface area contributed by atoms with Crippen LogP contribution in [0, 0.1) is 11.6 Å². The van der Waals surface area contributed by atoms with Gasteiger partial charge in [-0.3, -0.25) is 0 Å². The monoisotopic (exact) mass is 305 g/mol. The summed E-state index contributed by atoms with van der Waals surface area (Å²) in [5.41, 5.74) is 0.0888. The minimum Gasteiger partial charge on any atom is -0.381 e. The lowest BCUT2D eigenvalue weighted by molar-refractivity contribution is 0.0774. The number of hydrogen-bond acceptors (Lipinski definition) is 2. The Morgan fingerprint density at radius 2 is 2.00 bits per heavy atom. The summed E-state index contributed by atoms with van der Waals surface area (Å²) in [6.07, 6.45) is 1.77. The lowest BCUT2D eigenvalue weighted by Crippen LogP contribution is -2.34. The van der Waals surface area contributed by atoms with Crippen molar-refractivity contribution in [3.05, 3.63) is 33.8 Å². The van der Waals surface area contributed by atoms with Crippen molar-refractivity contribution >= 4 is 15.9 Å². The quantitative estimate of drug-likeness (QED) is 0.867. The van der Waals surface area contributed by atoms with Gasteiger partial charge in [0.15, 0.2) is 0 Å². The summed E-state index contributed by atoms with van der Waals surface area (Å²) in [6.45, 7) is 1.63. The Labute approximate surface area is 107 Å². The van der Waals surface area contributed by atoms with E-state index in [1.54, 1.807) is 0 Å². The first-order valence-corrected chi connectivity index (χ1v) is 6.41. The SMILES string of the molecule is Fc1ccc(Br)c(F)c1CNC1CCOCC1. The third kappa shape index (κ3) is 3.24. The Morgan fingerprint density at radius 3 is 2.71 bits per heavy atom. The fraction of sp³-hybridized carbons (Fsp3) is 0.500. The van der Waals surface area contributed by atoms with Gasteiger partial charge in [0, 0.05) is 31.4 Å². The average molecular weight is 306 g/mol. The zero-order chi connectivity index (χ0) is 12.3. The van der Waals surface area contributed by atoms with Crippen LogP contribution in [0.2, 0.25) is 0 Å². The molecular formula is C12H14BrF2NO. The highest BCUT2D eigenvalue weighted by atomic mass is 79.9. The molecule has 1 aliphatic rings. The molecule has 0 saturated carbocycles. The van der Waals surface area contributed by atoms with Gasteiger partial charge in [-0.25, -0.2) is 8.78 Å². The molecule has 0 amide bonds. The van der Waals surface area contributed by atoms with Gasteiger partial charge in [-0.1, -0.05) is 0 Å². The van der Waals surface area contributed by atoms with Crippen molar-refractivity contribution in [1.29, 1.82) is 0 Å². The van der Waals surface area contributed by atoms with Crippen LogP contribution in [0.4, 0.5) is 8.78 Å². The molecule has 94 valence electrons. The van der Waals surface area contributed by atoms with E-state index in [0.717, 1.165) is 12.8 Å². The highest BCUT2D eigenvalue weighted by Crippen LogP contribution is 2.21. The molecule has 2 nitrogen and oxygen atoms in total. The molecule has 0 aliphatic carbocycles. The third-order valence-electron chi connectivity index (χ3n) is 2.93. The molecule has 1 fully saturated rings. The Morgan fingerprint density at radius 1 is 1.29 bits per heavy atom. The van der Waals surface area contributed by atoms with Crippen LogP contribution >= 0.6 is 15.9 Å². The van der Waals surface area contributed by atoms with E-state index in [0.29, 0.717) is 17.7 Å². The molecule has 1 aliphatic heterocycles. The Kier molecular flexibility index (Phi) is 4.48. The van der Waals surface area contributed by atoms with Gasteiger partial charge >= 0.3 is 0 Å². The van der Waals surface area contributed by atoms with Crippen molar-refractivity contribution in [2.75, 3.05) is 13.2 Å². The second kappa shape index (κ2) is 5.89. The minimum absolute atomic E-state index is 0.0888. The molecule has 5 heteroatoms. The van der Waals surface area contributed by atoms with Gasteiger partial charge in [-0.05, 0) is 40.9 Å². The fourth-order valence-corrected chi connectivity index (χ4v) is 2.25. The van der Waals surface area contributed by atoms with Gasteiger partial charge in [0.05, 0.1) is 4.47 Å². The minimum atomic E-state index is -0.524. The molecule has 0 aromatic heterocycles. The van der Waals surface area contributed by atoms with Crippen LogP contribution in [-0.2, 0) is 11.3 Å². The van der Waals surface area contributed by atoms with Crippen molar-refractivity contribution in [3.8, 4) is 0 Å². The lowest BCUT2D eigenvalue weighted by Gasteiger charge is -2.23. The standard InChI is InChI=1S/C12H14BrF2NO/c13-10-1-2-11(14)9(12(10)15)7-16-8-3-5-17-6-4-8/h1-2,8,16H,3-7H2. The maximum atomic E-state index is 13.7. The number of rotatable bonds is 3. The summed E-state index contributed by atoms with van der Waals surface area (Å²) in [7, 11) is 0. The molecule has 0 radical (unpaired) electrons. The van der Waals surface area contributed by atoms with Crippen LogP contribution in [0.15, 0.2) is 16.6 Å². The van der Waals surface area contributed by atoms with E-state index in [1.165, 1.54) is 12.1 Å². The summed E-state index contributed by atoms with van der Waals surface area (Å²) >= 11 is 3.06. The molecule has 1 saturated heterocycles. The summed E-state index contributed by atoms with van der Waals surface area (Å²) < 4.78 is 32.6. The molecule has 1 aromatic carbocycles. The van der Waals surface area contributed by atoms with Crippen molar-refractivity contribution in [2.24, 2.45) is 0 Å². The normalized spacial score (nSPS) is 17.4. The number of halogens is 3. The number of ether oxygens (including phenoxy) is 1. The van der Waals surface area contributed by atoms with E-state index < -0.39 is 11.6 Å². The molecule has 0 bridgehead atoms. The smallest absolute Gasteiger partial charge is 0.144 e. The first-order chi connectivity index (χ1) is 8.18. The molecule has 1 N–H and O–H groups in total. The van der Waals surface area contributed by atoms with E-state index in [2.05, 4.69) is 21.2 Å². The lowest BCUT2D eigenvalue weighted by atomic mass is 10.1. The predicted octanol–water partition coefficient (Wildman–Crippen LogP) is 3.00. The topological polar surface area (TPSA) is 21.3 Å². The maximum Gasteiger partial charge on any atom is 0.144 e. The van der Waals surface area contributed by atoms with Crippen LogP contribution in [0.3, 0.4) is 0 Å². The Bertz CT molecular complexity index is 394. The predicted molar refractivity (Wildman–Crippen MR) is 64.7 cm³/mol. The van der Waals surface area contributed by atoms with Gasteiger partial charge < -0.3 is 10.1 Å². The average Bonchev–Trinajstić information content (AvgIpc) is 2.35. The fourth-order valence-electron chi connectivity index (χ4n) is 1.88. The first kappa shape index (κ1) is 12.9. The Hall–Kier alpha value is -0.520. The summed E-state index contributed by atoms with van der Waals surface area (Å²) in [5.74, 6) is -1.03. The van der Waals surface area contributed by atoms with Crippen molar-refractivity contribution in [2.45, 2.75) is 25.4 Å². The molecule has 1 aromatic rings. The summed E-state index contributed by atoms with van der Waals surface area (Å²) in [5, 5.41) is 3.17. The van der Waals surface area contributed by atoms with Crippen molar-refractivity contribution < 1.29 is 13.5 Å². The van der Waals surface area contributed by atoms with Gasteiger partial charge in [-0.2, -0.15) is 0 Å². The van der Waals surface area contributed by atoms with Gasteiger partial charge in [0.25, 0.3) is 0 Å². The highest BCUT2D eigenvalue weighted by molar-refractivity contribution is 9.10.